The van der Waals surface area contributed by atoms with E-state index in [1.807, 2.05) is 6.92 Å². The summed E-state index contributed by atoms with van der Waals surface area (Å²) in [6.07, 6.45) is 1.59. The van der Waals surface area contributed by atoms with Crippen molar-refractivity contribution < 1.29 is 19.1 Å². The second kappa shape index (κ2) is 10.9. The van der Waals surface area contributed by atoms with Gasteiger partial charge in [-0.1, -0.05) is 0 Å². The van der Waals surface area contributed by atoms with Crippen molar-refractivity contribution >= 4 is 24.2 Å². The van der Waals surface area contributed by atoms with Crippen LogP contribution in [0.2, 0.25) is 0 Å². The maximum atomic E-state index is 12.8. The molecule has 0 saturated carbocycles. The van der Waals surface area contributed by atoms with Crippen molar-refractivity contribution in [3.05, 3.63) is 23.8 Å². The van der Waals surface area contributed by atoms with E-state index < -0.39 is 0 Å². The highest BCUT2D eigenvalue weighted by Gasteiger charge is 2.29. The van der Waals surface area contributed by atoms with Gasteiger partial charge in [-0.05, 0) is 38.0 Å². The first kappa shape index (κ1) is 22.1. The van der Waals surface area contributed by atoms with Gasteiger partial charge >= 0.3 is 0 Å². The quantitative estimate of drug-likeness (QED) is 0.740. The fourth-order valence-electron chi connectivity index (χ4n) is 2.97. The molecule has 0 aromatic heterocycles. The Morgan fingerprint density at radius 2 is 2.12 bits per heavy atom. The van der Waals surface area contributed by atoms with Gasteiger partial charge < -0.3 is 25.4 Å². The van der Waals surface area contributed by atoms with E-state index in [4.69, 9.17) is 15.2 Å². The topological polar surface area (TPSA) is 93.9 Å². The Morgan fingerprint density at radius 3 is 2.77 bits per heavy atom. The van der Waals surface area contributed by atoms with Crippen LogP contribution >= 0.6 is 12.4 Å². The standard InChI is InChI=1S/C18H27N3O4.ClH/c1-3-25-15-7-6-13(11-16(15)24-2)18(23)21-10-4-5-14(12-21)17(22)20-9-8-19;/h6-7,11,14H,3-5,8-10,12,19H2,1-2H3,(H,20,22);1H. The zero-order valence-electron chi connectivity index (χ0n) is 15.3. The zero-order chi connectivity index (χ0) is 18.2. The first-order valence-electron chi connectivity index (χ1n) is 8.68. The average Bonchev–Trinajstić information content (AvgIpc) is 2.66. The minimum absolute atomic E-state index is 0. The number of benzene rings is 1. The van der Waals surface area contributed by atoms with E-state index in [2.05, 4.69) is 5.32 Å². The Bertz CT molecular complexity index is 612. The van der Waals surface area contributed by atoms with Crippen molar-refractivity contribution in [1.82, 2.24) is 10.2 Å². The van der Waals surface area contributed by atoms with Gasteiger partial charge in [-0.25, -0.2) is 0 Å². The lowest BCUT2D eigenvalue weighted by Crippen LogP contribution is -2.46. The summed E-state index contributed by atoms with van der Waals surface area (Å²) in [5, 5.41) is 2.80. The van der Waals surface area contributed by atoms with E-state index in [1.54, 1.807) is 30.2 Å². The van der Waals surface area contributed by atoms with Crippen LogP contribution in [-0.4, -0.2) is 56.6 Å². The molecule has 8 heteroatoms. The van der Waals surface area contributed by atoms with Gasteiger partial charge in [-0.2, -0.15) is 0 Å². The SMILES string of the molecule is CCOc1ccc(C(=O)N2CCCC(C(=O)NCCN)C2)cc1OC.Cl. The van der Waals surface area contributed by atoms with Crippen LogP contribution in [0.15, 0.2) is 18.2 Å². The summed E-state index contributed by atoms with van der Waals surface area (Å²) in [5.74, 6) is 0.819. The lowest BCUT2D eigenvalue weighted by atomic mass is 9.96. The number of nitrogens with one attached hydrogen (secondary N) is 1. The van der Waals surface area contributed by atoms with Gasteiger partial charge in [-0.15, -0.1) is 12.4 Å². The number of carbonyl (C=O) groups is 2. The summed E-state index contributed by atoms with van der Waals surface area (Å²) in [7, 11) is 1.55. The summed E-state index contributed by atoms with van der Waals surface area (Å²) in [6.45, 7) is 4.35. The lowest BCUT2D eigenvalue weighted by molar-refractivity contribution is -0.126. The smallest absolute Gasteiger partial charge is 0.254 e. The van der Waals surface area contributed by atoms with Crippen molar-refractivity contribution in [1.29, 1.82) is 0 Å². The van der Waals surface area contributed by atoms with Crippen LogP contribution in [0.3, 0.4) is 0 Å². The Balaban J connectivity index is 0.00000338. The molecule has 0 radical (unpaired) electrons. The maximum Gasteiger partial charge on any atom is 0.254 e. The molecule has 1 fully saturated rings. The molecule has 26 heavy (non-hydrogen) atoms. The monoisotopic (exact) mass is 385 g/mol. The van der Waals surface area contributed by atoms with Gasteiger partial charge in [0.25, 0.3) is 5.91 Å². The Hall–Kier alpha value is -1.99. The molecular weight excluding hydrogens is 358 g/mol. The van der Waals surface area contributed by atoms with Crippen LogP contribution in [-0.2, 0) is 4.79 Å². The number of halogens is 1. The van der Waals surface area contributed by atoms with Crippen LogP contribution in [0, 0.1) is 5.92 Å². The van der Waals surface area contributed by atoms with Crippen LogP contribution in [0.1, 0.15) is 30.1 Å². The van der Waals surface area contributed by atoms with Gasteiger partial charge in [0.2, 0.25) is 5.91 Å². The average molecular weight is 386 g/mol. The molecule has 2 amide bonds. The molecule has 3 N–H and O–H groups in total. The number of methoxy groups -OCH3 is 1. The first-order chi connectivity index (χ1) is 12.1. The molecule has 1 aromatic carbocycles. The lowest BCUT2D eigenvalue weighted by Gasteiger charge is -2.32. The summed E-state index contributed by atoms with van der Waals surface area (Å²) in [6, 6.07) is 5.16. The van der Waals surface area contributed by atoms with Gasteiger partial charge in [0.05, 0.1) is 19.6 Å². The van der Waals surface area contributed by atoms with Gasteiger partial charge in [-0.3, -0.25) is 9.59 Å². The van der Waals surface area contributed by atoms with Crippen molar-refractivity contribution in [3.8, 4) is 11.5 Å². The largest absolute Gasteiger partial charge is 0.493 e. The number of piperidine rings is 1. The number of amides is 2. The number of ether oxygens (including phenoxy) is 2. The summed E-state index contributed by atoms with van der Waals surface area (Å²) >= 11 is 0. The van der Waals surface area contributed by atoms with Crippen molar-refractivity contribution in [2.45, 2.75) is 19.8 Å². The number of rotatable bonds is 7. The summed E-state index contributed by atoms with van der Waals surface area (Å²) in [4.78, 5) is 26.7. The summed E-state index contributed by atoms with van der Waals surface area (Å²) in [5.41, 5.74) is 5.95. The van der Waals surface area contributed by atoms with Gasteiger partial charge in [0.15, 0.2) is 11.5 Å². The second-order valence-electron chi connectivity index (χ2n) is 5.97. The van der Waals surface area contributed by atoms with Crippen molar-refractivity contribution in [2.75, 3.05) is 39.9 Å². The van der Waals surface area contributed by atoms with Crippen LogP contribution in [0.25, 0.3) is 0 Å². The number of nitrogens with two attached hydrogens (primary N) is 1. The van der Waals surface area contributed by atoms with Crippen molar-refractivity contribution in [2.24, 2.45) is 11.7 Å². The molecule has 7 nitrogen and oxygen atoms in total. The van der Waals surface area contributed by atoms with Gasteiger partial charge in [0.1, 0.15) is 0 Å². The third-order valence-corrected chi connectivity index (χ3v) is 4.23. The highest BCUT2D eigenvalue weighted by atomic mass is 35.5. The highest BCUT2D eigenvalue weighted by molar-refractivity contribution is 5.95. The van der Waals surface area contributed by atoms with E-state index in [-0.39, 0.29) is 30.1 Å². The molecule has 1 atom stereocenters. The fraction of sp³-hybridized carbons (Fsp3) is 0.556. The van der Waals surface area contributed by atoms with Crippen LogP contribution in [0.4, 0.5) is 0 Å². The molecule has 1 saturated heterocycles. The molecule has 1 aliphatic rings. The maximum absolute atomic E-state index is 12.8. The number of likely N-dealkylation sites (tertiary alicyclic amines) is 1. The van der Waals surface area contributed by atoms with Crippen LogP contribution < -0.4 is 20.5 Å². The first-order valence-corrected chi connectivity index (χ1v) is 8.68. The Kier molecular flexibility index (Phi) is 9.23. The molecule has 1 unspecified atom stereocenters. The number of hydrogen-bond acceptors (Lipinski definition) is 5. The van der Waals surface area contributed by atoms with E-state index in [0.29, 0.717) is 49.8 Å². The minimum Gasteiger partial charge on any atom is -0.493 e. The van der Waals surface area contributed by atoms with E-state index in [1.165, 1.54) is 0 Å². The third-order valence-electron chi connectivity index (χ3n) is 4.23. The molecule has 0 bridgehead atoms. The van der Waals surface area contributed by atoms with Crippen molar-refractivity contribution in [3.63, 3.8) is 0 Å². The van der Waals surface area contributed by atoms with E-state index in [9.17, 15) is 9.59 Å². The molecule has 1 aromatic rings. The molecule has 146 valence electrons. The highest BCUT2D eigenvalue weighted by Crippen LogP contribution is 2.29. The Labute approximate surface area is 160 Å². The predicted molar refractivity (Wildman–Crippen MR) is 102 cm³/mol. The fourth-order valence-corrected chi connectivity index (χ4v) is 2.97. The van der Waals surface area contributed by atoms with Crippen LogP contribution in [0.5, 0.6) is 11.5 Å². The molecule has 0 aliphatic carbocycles. The van der Waals surface area contributed by atoms with Gasteiger partial charge in [0, 0.05) is 31.7 Å². The summed E-state index contributed by atoms with van der Waals surface area (Å²) < 4.78 is 10.8. The molecule has 1 heterocycles. The van der Waals surface area contributed by atoms with E-state index in [0.717, 1.165) is 12.8 Å². The molecule has 1 aliphatic heterocycles. The normalized spacial score (nSPS) is 16.4. The number of nitrogens with zero attached hydrogens (tertiary/aromatic N) is 1. The molecule has 2 rings (SSSR count). The third kappa shape index (κ3) is 5.51. The number of hydrogen-bond donors (Lipinski definition) is 2. The minimum atomic E-state index is -0.186. The second-order valence-corrected chi connectivity index (χ2v) is 5.97. The molecular formula is C18H28ClN3O4. The van der Waals surface area contributed by atoms with E-state index >= 15 is 0 Å². The Morgan fingerprint density at radius 1 is 1.35 bits per heavy atom. The zero-order valence-corrected chi connectivity index (χ0v) is 16.1. The molecule has 0 spiro atoms. The predicted octanol–water partition coefficient (Wildman–Crippen LogP) is 1.44. The number of carbonyl (C=O) groups excluding carboxylic acids is 2.